The first-order chi connectivity index (χ1) is 7.43. The van der Waals surface area contributed by atoms with Crippen LogP contribution in [0.15, 0.2) is 42.2 Å². The lowest BCUT2D eigenvalue weighted by Crippen LogP contribution is -2.17. The molecule has 0 aliphatic carbocycles. The Kier molecular flexibility index (Phi) is 2.13. The maximum Gasteiger partial charge on any atom is 0.0427 e. The number of likely N-dealkylation sites (tertiary alicyclic amines) is 1. The molecule has 1 N–H and O–H groups in total. The number of hydrogen-bond donors (Lipinski definition) is 1. The fraction of sp³-hybridized carbons (Fsp3) is 0.385. The number of nitrogens with zero attached hydrogens (tertiary/aromatic N) is 1. The Morgan fingerprint density at radius 3 is 3.00 bits per heavy atom. The Labute approximate surface area is 90.6 Å². The second-order valence-corrected chi connectivity index (χ2v) is 4.37. The van der Waals surface area contributed by atoms with Gasteiger partial charge in [-0.05, 0) is 12.0 Å². The molecule has 1 aromatic rings. The van der Waals surface area contributed by atoms with Gasteiger partial charge in [0.05, 0.1) is 0 Å². The topological polar surface area (TPSA) is 15.3 Å². The second kappa shape index (κ2) is 3.61. The Balaban J connectivity index is 1.74. The summed E-state index contributed by atoms with van der Waals surface area (Å²) >= 11 is 0. The van der Waals surface area contributed by atoms with E-state index in [1.165, 1.54) is 24.2 Å². The summed E-state index contributed by atoms with van der Waals surface area (Å²) in [6, 6.07) is 10.7. The summed E-state index contributed by atoms with van der Waals surface area (Å²) in [7, 11) is 0. The van der Waals surface area contributed by atoms with Crippen molar-refractivity contribution in [1.29, 1.82) is 0 Å². The van der Waals surface area contributed by atoms with E-state index in [9.17, 15) is 0 Å². The van der Waals surface area contributed by atoms with E-state index in [1.807, 2.05) is 0 Å². The molecule has 15 heavy (non-hydrogen) atoms. The number of nitrogens with one attached hydrogen (secondary N) is 1. The van der Waals surface area contributed by atoms with E-state index in [-0.39, 0.29) is 0 Å². The van der Waals surface area contributed by atoms with Gasteiger partial charge in [-0.25, -0.2) is 0 Å². The lowest BCUT2D eigenvalue weighted by atomic mass is 10.1. The number of benzene rings is 1. The molecule has 0 amide bonds. The van der Waals surface area contributed by atoms with Crippen LogP contribution < -0.4 is 5.32 Å². The lowest BCUT2D eigenvalue weighted by molar-refractivity contribution is 0.384. The van der Waals surface area contributed by atoms with E-state index >= 15 is 0 Å². The zero-order chi connectivity index (χ0) is 10.1. The van der Waals surface area contributed by atoms with Crippen molar-refractivity contribution in [2.75, 3.05) is 13.1 Å². The van der Waals surface area contributed by atoms with E-state index in [0.717, 1.165) is 19.0 Å². The van der Waals surface area contributed by atoms with Crippen molar-refractivity contribution in [3.05, 3.63) is 47.8 Å². The van der Waals surface area contributed by atoms with Crippen LogP contribution in [0, 0.1) is 5.92 Å². The van der Waals surface area contributed by atoms with E-state index in [4.69, 9.17) is 0 Å². The summed E-state index contributed by atoms with van der Waals surface area (Å²) in [6.45, 7) is 3.42. The van der Waals surface area contributed by atoms with Crippen LogP contribution in [0.1, 0.15) is 12.0 Å². The molecule has 1 aromatic carbocycles. The molecule has 2 aliphatic rings. The summed E-state index contributed by atoms with van der Waals surface area (Å²) in [5.74, 6) is 0.772. The largest absolute Gasteiger partial charge is 0.389 e. The fourth-order valence-electron chi connectivity index (χ4n) is 2.54. The molecule has 2 nitrogen and oxygen atoms in total. The van der Waals surface area contributed by atoms with Crippen molar-refractivity contribution >= 4 is 0 Å². The van der Waals surface area contributed by atoms with Gasteiger partial charge in [-0.2, -0.15) is 0 Å². The van der Waals surface area contributed by atoms with Crippen LogP contribution in [-0.4, -0.2) is 18.0 Å². The van der Waals surface area contributed by atoms with Crippen molar-refractivity contribution in [2.45, 2.75) is 13.0 Å². The third-order valence-corrected chi connectivity index (χ3v) is 3.36. The average molecular weight is 200 g/mol. The van der Waals surface area contributed by atoms with Gasteiger partial charge >= 0.3 is 0 Å². The zero-order valence-electron chi connectivity index (χ0n) is 8.82. The molecule has 78 valence electrons. The highest BCUT2D eigenvalue weighted by Crippen LogP contribution is 2.31. The summed E-state index contributed by atoms with van der Waals surface area (Å²) in [5, 5.41) is 3.34. The summed E-state index contributed by atoms with van der Waals surface area (Å²) in [6.07, 6.45) is 3.51. The normalized spacial score (nSPS) is 23.6. The van der Waals surface area contributed by atoms with E-state index < -0.39 is 0 Å². The van der Waals surface area contributed by atoms with Gasteiger partial charge in [0.15, 0.2) is 0 Å². The maximum absolute atomic E-state index is 3.34. The van der Waals surface area contributed by atoms with Crippen LogP contribution in [0.4, 0.5) is 0 Å². The molecule has 2 heteroatoms. The highest BCUT2D eigenvalue weighted by atomic mass is 15.2. The van der Waals surface area contributed by atoms with Gasteiger partial charge in [-0.15, -0.1) is 0 Å². The van der Waals surface area contributed by atoms with Crippen molar-refractivity contribution in [2.24, 2.45) is 5.92 Å². The third-order valence-electron chi connectivity index (χ3n) is 3.36. The lowest BCUT2D eigenvalue weighted by Gasteiger charge is -2.19. The SMILES string of the molecule is C1=C2C(CCN2Cc2ccccc2)CN1. The molecule has 1 fully saturated rings. The summed E-state index contributed by atoms with van der Waals surface area (Å²) < 4.78 is 0. The van der Waals surface area contributed by atoms with E-state index in [1.54, 1.807) is 0 Å². The fourth-order valence-corrected chi connectivity index (χ4v) is 2.54. The molecule has 0 saturated carbocycles. The predicted octanol–water partition coefficient (Wildman–Crippen LogP) is 1.95. The predicted molar refractivity (Wildman–Crippen MR) is 61.0 cm³/mol. The van der Waals surface area contributed by atoms with Gasteiger partial charge < -0.3 is 10.2 Å². The number of fused-ring (bicyclic) bond motifs is 1. The quantitative estimate of drug-likeness (QED) is 0.785. The average Bonchev–Trinajstić information content (AvgIpc) is 2.85. The minimum atomic E-state index is 0.772. The number of hydrogen-bond acceptors (Lipinski definition) is 2. The molecule has 0 radical (unpaired) electrons. The van der Waals surface area contributed by atoms with Crippen LogP contribution in [0.5, 0.6) is 0 Å². The Morgan fingerprint density at radius 1 is 1.27 bits per heavy atom. The minimum Gasteiger partial charge on any atom is -0.389 e. The zero-order valence-corrected chi connectivity index (χ0v) is 8.82. The molecular weight excluding hydrogens is 184 g/mol. The smallest absolute Gasteiger partial charge is 0.0427 e. The third kappa shape index (κ3) is 1.60. The molecule has 2 heterocycles. The van der Waals surface area contributed by atoms with Crippen molar-refractivity contribution < 1.29 is 0 Å². The van der Waals surface area contributed by atoms with Gasteiger partial charge in [0.2, 0.25) is 0 Å². The number of rotatable bonds is 2. The highest BCUT2D eigenvalue weighted by Gasteiger charge is 2.30. The van der Waals surface area contributed by atoms with Crippen molar-refractivity contribution in [1.82, 2.24) is 10.2 Å². The van der Waals surface area contributed by atoms with Crippen molar-refractivity contribution in [3.63, 3.8) is 0 Å². The van der Waals surface area contributed by atoms with E-state index in [2.05, 4.69) is 46.7 Å². The van der Waals surface area contributed by atoms with Crippen LogP contribution in [0.25, 0.3) is 0 Å². The molecule has 2 aliphatic heterocycles. The first-order valence-electron chi connectivity index (χ1n) is 5.66. The van der Waals surface area contributed by atoms with Crippen LogP contribution in [0.3, 0.4) is 0 Å². The van der Waals surface area contributed by atoms with E-state index in [0.29, 0.717) is 0 Å². The van der Waals surface area contributed by atoms with Gasteiger partial charge in [-0.1, -0.05) is 30.3 Å². The molecular formula is C13H16N2. The van der Waals surface area contributed by atoms with Gasteiger partial charge in [0.1, 0.15) is 0 Å². The molecule has 0 aromatic heterocycles. The van der Waals surface area contributed by atoms with Crippen LogP contribution in [-0.2, 0) is 6.54 Å². The first kappa shape index (κ1) is 8.84. The van der Waals surface area contributed by atoms with Gasteiger partial charge in [0, 0.05) is 37.4 Å². The van der Waals surface area contributed by atoms with Gasteiger partial charge in [-0.3, -0.25) is 0 Å². The summed E-state index contributed by atoms with van der Waals surface area (Å²) in [4.78, 5) is 2.50. The molecule has 1 unspecified atom stereocenters. The molecule has 1 saturated heterocycles. The summed E-state index contributed by atoms with van der Waals surface area (Å²) in [5.41, 5.74) is 2.92. The Hall–Kier alpha value is -1.44. The first-order valence-corrected chi connectivity index (χ1v) is 5.66. The minimum absolute atomic E-state index is 0.772. The molecule has 0 spiro atoms. The standard InChI is InChI=1S/C13H16N2/c1-2-4-11(5-3-1)10-15-7-6-12-8-14-9-13(12)15/h1-5,9,12,14H,6-8,10H2. The maximum atomic E-state index is 3.34. The molecule has 3 rings (SSSR count). The highest BCUT2D eigenvalue weighted by molar-refractivity contribution is 5.20. The monoisotopic (exact) mass is 200 g/mol. The molecule has 1 atom stereocenters. The van der Waals surface area contributed by atoms with Crippen LogP contribution in [0.2, 0.25) is 0 Å². The van der Waals surface area contributed by atoms with Gasteiger partial charge in [0.25, 0.3) is 0 Å². The Bertz CT molecular complexity index is 369. The van der Waals surface area contributed by atoms with Crippen LogP contribution >= 0.6 is 0 Å². The second-order valence-electron chi connectivity index (χ2n) is 4.37. The molecule has 0 bridgehead atoms. The van der Waals surface area contributed by atoms with Crippen molar-refractivity contribution in [3.8, 4) is 0 Å². The Morgan fingerprint density at radius 2 is 2.13 bits per heavy atom.